The Balaban J connectivity index is 2.37. The van der Waals surface area contributed by atoms with E-state index in [1.165, 1.54) is 12.1 Å². The van der Waals surface area contributed by atoms with Crippen LogP contribution in [0.2, 0.25) is 10.0 Å². The van der Waals surface area contributed by atoms with E-state index in [1.54, 1.807) is 0 Å². The van der Waals surface area contributed by atoms with Gasteiger partial charge in [0.1, 0.15) is 5.69 Å². The molecule has 0 aliphatic rings. The molecule has 0 bridgehead atoms. The van der Waals surface area contributed by atoms with E-state index in [2.05, 4.69) is 5.32 Å². The van der Waals surface area contributed by atoms with E-state index in [1.807, 2.05) is 37.3 Å². The Hall–Kier alpha value is -1.78. The highest BCUT2D eigenvalue weighted by Gasteiger charge is 2.19. The summed E-state index contributed by atoms with van der Waals surface area (Å²) in [5.41, 5.74) is 1.34. The van der Waals surface area contributed by atoms with Crippen LogP contribution in [-0.2, 0) is 0 Å². The molecule has 21 heavy (non-hydrogen) atoms. The standard InChI is InChI=1S/C15H14Cl2N2O2/c1-2-13(10-6-4-3-5-7-10)18-14-8-11(16)12(17)9-15(14)19(20)21/h3-9,13,18H,2H2,1H3. The van der Waals surface area contributed by atoms with Gasteiger partial charge in [0.25, 0.3) is 5.69 Å². The topological polar surface area (TPSA) is 55.2 Å². The van der Waals surface area contributed by atoms with Gasteiger partial charge in [0.2, 0.25) is 0 Å². The van der Waals surface area contributed by atoms with Crippen LogP contribution < -0.4 is 5.32 Å². The van der Waals surface area contributed by atoms with Crippen molar-refractivity contribution < 1.29 is 4.92 Å². The number of nitrogens with one attached hydrogen (secondary N) is 1. The van der Waals surface area contributed by atoms with Crippen LogP contribution in [0.25, 0.3) is 0 Å². The van der Waals surface area contributed by atoms with Gasteiger partial charge < -0.3 is 5.32 Å². The lowest BCUT2D eigenvalue weighted by atomic mass is 10.0. The lowest BCUT2D eigenvalue weighted by Gasteiger charge is -2.19. The Morgan fingerprint density at radius 1 is 1.19 bits per heavy atom. The monoisotopic (exact) mass is 324 g/mol. The molecule has 2 aromatic rings. The maximum atomic E-state index is 11.2. The fraction of sp³-hybridized carbons (Fsp3) is 0.200. The van der Waals surface area contributed by atoms with Crippen LogP contribution in [0.5, 0.6) is 0 Å². The van der Waals surface area contributed by atoms with Crippen molar-refractivity contribution in [1.29, 1.82) is 0 Å². The lowest BCUT2D eigenvalue weighted by Crippen LogP contribution is -2.11. The van der Waals surface area contributed by atoms with Crippen LogP contribution >= 0.6 is 23.2 Å². The number of halogens is 2. The highest BCUT2D eigenvalue weighted by molar-refractivity contribution is 6.42. The summed E-state index contributed by atoms with van der Waals surface area (Å²) in [6, 6.07) is 12.5. The molecule has 0 amide bonds. The Morgan fingerprint density at radius 2 is 1.81 bits per heavy atom. The summed E-state index contributed by atoms with van der Waals surface area (Å²) in [6.07, 6.45) is 0.779. The van der Waals surface area contributed by atoms with Gasteiger partial charge in [-0.15, -0.1) is 0 Å². The Morgan fingerprint density at radius 3 is 2.38 bits per heavy atom. The quantitative estimate of drug-likeness (QED) is 0.586. The molecule has 0 aliphatic carbocycles. The number of nitrogens with zero attached hydrogens (tertiary/aromatic N) is 1. The third-order valence-electron chi connectivity index (χ3n) is 3.18. The Labute approximate surface area is 132 Å². The molecular weight excluding hydrogens is 311 g/mol. The van der Waals surface area contributed by atoms with Crippen molar-refractivity contribution in [2.75, 3.05) is 5.32 Å². The second-order valence-corrected chi connectivity index (χ2v) is 5.37. The Kier molecular flexibility index (Phi) is 5.04. The molecule has 0 aliphatic heterocycles. The van der Waals surface area contributed by atoms with Crippen molar-refractivity contribution in [3.63, 3.8) is 0 Å². The van der Waals surface area contributed by atoms with Gasteiger partial charge in [-0.3, -0.25) is 10.1 Å². The molecule has 6 heteroatoms. The molecule has 0 saturated heterocycles. The summed E-state index contributed by atoms with van der Waals surface area (Å²) < 4.78 is 0. The van der Waals surface area contributed by atoms with Crippen LogP contribution in [0, 0.1) is 10.1 Å². The van der Waals surface area contributed by atoms with Gasteiger partial charge >= 0.3 is 0 Å². The molecule has 0 fully saturated rings. The summed E-state index contributed by atoms with van der Waals surface area (Å²) >= 11 is 11.8. The molecule has 0 spiro atoms. The van der Waals surface area contributed by atoms with Crippen LogP contribution in [-0.4, -0.2) is 4.92 Å². The molecule has 0 aromatic heterocycles. The molecule has 0 radical (unpaired) electrons. The predicted molar refractivity (Wildman–Crippen MR) is 86.2 cm³/mol. The number of nitro benzene ring substituents is 1. The zero-order valence-corrected chi connectivity index (χ0v) is 12.9. The molecule has 0 heterocycles. The molecule has 4 nitrogen and oxygen atoms in total. The van der Waals surface area contributed by atoms with Crippen molar-refractivity contribution in [3.8, 4) is 0 Å². The summed E-state index contributed by atoms with van der Waals surface area (Å²) in [5, 5.41) is 14.8. The zero-order chi connectivity index (χ0) is 15.4. The summed E-state index contributed by atoms with van der Waals surface area (Å²) in [5.74, 6) is 0. The third kappa shape index (κ3) is 3.65. The van der Waals surface area contributed by atoms with Crippen LogP contribution in [0.4, 0.5) is 11.4 Å². The van der Waals surface area contributed by atoms with E-state index in [0.29, 0.717) is 5.69 Å². The number of anilines is 1. The highest BCUT2D eigenvalue weighted by atomic mass is 35.5. The van der Waals surface area contributed by atoms with Gasteiger partial charge in [-0.25, -0.2) is 0 Å². The first-order valence-electron chi connectivity index (χ1n) is 6.47. The SMILES string of the molecule is CCC(Nc1cc(Cl)c(Cl)cc1[N+](=O)[O-])c1ccccc1. The zero-order valence-electron chi connectivity index (χ0n) is 11.3. The van der Waals surface area contributed by atoms with Crippen molar-refractivity contribution in [2.45, 2.75) is 19.4 Å². The van der Waals surface area contributed by atoms with Gasteiger partial charge in [-0.2, -0.15) is 0 Å². The van der Waals surface area contributed by atoms with Gasteiger partial charge in [0.05, 0.1) is 21.0 Å². The van der Waals surface area contributed by atoms with Crippen LogP contribution in [0.15, 0.2) is 42.5 Å². The van der Waals surface area contributed by atoms with Crippen LogP contribution in [0.3, 0.4) is 0 Å². The maximum absolute atomic E-state index is 11.2. The van der Waals surface area contributed by atoms with Gasteiger partial charge in [0.15, 0.2) is 0 Å². The molecule has 2 aromatic carbocycles. The normalized spacial score (nSPS) is 12.0. The first-order chi connectivity index (χ1) is 10.0. The average molecular weight is 325 g/mol. The first kappa shape index (κ1) is 15.6. The molecule has 2 rings (SSSR count). The van der Waals surface area contributed by atoms with Crippen molar-refractivity contribution in [3.05, 3.63) is 68.2 Å². The van der Waals surface area contributed by atoms with E-state index in [9.17, 15) is 10.1 Å². The summed E-state index contributed by atoms with van der Waals surface area (Å²) in [7, 11) is 0. The second kappa shape index (κ2) is 6.78. The molecule has 1 atom stereocenters. The van der Waals surface area contributed by atoms with E-state index in [4.69, 9.17) is 23.2 Å². The molecule has 1 N–H and O–H groups in total. The van der Waals surface area contributed by atoms with Crippen LogP contribution in [0.1, 0.15) is 24.9 Å². The molecule has 110 valence electrons. The maximum Gasteiger partial charge on any atom is 0.293 e. The van der Waals surface area contributed by atoms with Gasteiger partial charge in [0, 0.05) is 6.07 Å². The smallest absolute Gasteiger partial charge is 0.293 e. The van der Waals surface area contributed by atoms with Gasteiger partial charge in [-0.05, 0) is 18.1 Å². The van der Waals surface area contributed by atoms with Crippen molar-refractivity contribution in [1.82, 2.24) is 0 Å². The molecular formula is C15H14Cl2N2O2. The van der Waals surface area contributed by atoms with E-state index in [0.717, 1.165) is 12.0 Å². The van der Waals surface area contributed by atoms with E-state index >= 15 is 0 Å². The molecule has 1 unspecified atom stereocenters. The number of hydrogen-bond donors (Lipinski definition) is 1. The van der Waals surface area contributed by atoms with E-state index in [-0.39, 0.29) is 21.8 Å². The highest BCUT2D eigenvalue weighted by Crippen LogP contribution is 2.36. The Bertz CT molecular complexity index is 648. The fourth-order valence-corrected chi connectivity index (χ4v) is 2.42. The fourth-order valence-electron chi connectivity index (χ4n) is 2.10. The lowest BCUT2D eigenvalue weighted by molar-refractivity contribution is -0.384. The summed E-state index contributed by atoms with van der Waals surface area (Å²) in [6.45, 7) is 2.01. The second-order valence-electron chi connectivity index (χ2n) is 4.56. The van der Waals surface area contributed by atoms with Crippen molar-refractivity contribution in [2.24, 2.45) is 0 Å². The van der Waals surface area contributed by atoms with E-state index < -0.39 is 4.92 Å². The van der Waals surface area contributed by atoms with Crippen molar-refractivity contribution >= 4 is 34.6 Å². The third-order valence-corrected chi connectivity index (χ3v) is 3.90. The minimum Gasteiger partial charge on any atom is -0.373 e. The van der Waals surface area contributed by atoms with Gasteiger partial charge in [-0.1, -0.05) is 60.5 Å². The largest absolute Gasteiger partial charge is 0.373 e. The number of benzene rings is 2. The molecule has 0 saturated carbocycles. The minimum absolute atomic E-state index is 0.0397. The summed E-state index contributed by atoms with van der Waals surface area (Å²) in [4.78, 5) is 10.7. The average Bonchev–Trinajstić information content (AvgIpc) is 2.48. The predicted octanol–water partition coefficient (Wildman–Crippen LogP) is 5.46. The first-order valence-corrected chi connectivity index (χ1v) is 7.23. The number of hydrogen-bond acceptors (Lipinski definition) is 3. The number of nitro groups is 1. The minimum atomic E-state index is -0.470. The number of rotatable bonds is 5.